The summed E-state index contributed by atoms with van der Waals surface area (Å²) in [5.41, 5.74) is 1.22. The molecule has 0 aliphatic rings. The van der Waals surface area contributed by atoms with E-state index in [0.717, 1.165) is 12.2 Å². The summed E-state index contributed by atoms with van der Waals surface area (Å²) in [5.74, 6) is 0.852. The second-order valence-corrected chi connectivity index (χ2v) is 3.98. The van der Waals surface area contributed by atoms with Crippen molar-refractivity contribution in [1.29, 1.82) is 0 Å². The van der Waals surface area contributed by atoms with E-state index in [1.165, 1.54) is 5.56 Å². The highest BCUT2D eigenvalue weighted by Gasteiger charge is 2.00. The Labute approximate surface area is 100 Å². The van der Waals surface area contributed by atoms with Crippen LogP contribution in [0.15, 0.2) is 41.5 Å². The van der Waals surface area contributed by atoms with Gasteiger partial charge in [0, 0.05) is 26.0 Å². The Balaban J connectivity index is 2.02. The molecule has 0 N–H and O–H groups in total. The fourth-order valence-electron chi connectivity index (χ4n) is 1.72. The van der Waals surface area contributed by atoms with Crippen LogP contribution in [0.4, 0.5) is 0 Å². The van der Waals surface area contributed by atoms with Crippen molar-refractivity contribution in [2.24, 2.45) is 7.05 Å². The van der Waals surface area contributed by atoms with Crippen LogP contribution < -0.4 is 10.4 Å². The van der Waals surface area contributed by atoms with Crippen molar-refractivity contribution in [3.63, 3.8) is 0 Å². The Morgan fingerprint density at radius 2 is 1.88 bits per heavy atom. The molecular weight excluding hydrogens is 216 g/mol. The highest BCUT2D eigenvalue weighted by atomic mass is 16.5. The first-order chi connectivity index (χ1) is 8.20. The number of aryl methyl sites for hydroxylation is 3. The summed E-state index contributed by atoms with van der Waals surface area (Å²) in [6.45, 7) is 0.700. The van der Waals surface area contributed by atoms with Gasteiger partial charge < -0.3 is 9.30 Å². The summed E-state index contributed by atoms with van der Waals surface area (Å²) >= 11 is 0. The van der Waals surface area contributed by atoms with E-state index in [4.69, 9.17) is 4.74 Å². The zero-order valence-corrected chi connectivity index (χ0v) is 10.1. The number of methoxy groups -OCH3 is 1. The highest BCUT2D eigenvalue weighted by molar-refractivity contribution is 5.27. The zero-order chi connectivity index (χ0) is 12.3. The van der Waals surface area contributed by atoms with Gasteiger partial charge in [-0.05, 0) is 24.1 Å². The van der Waals surface area contributed by atoms with Crippen molar-refractivity contribution < 1.29 is 4.74 Å². The average molecular weight is 232 g/mol. The first kappa shape index (κ1) is 11.5. The van der Waals surface area contributed by atoms with Crippen molar-refractivity contribution in [3.8, 4) is 5.75 Å². The van der Waals surface area contributed by atoms with E-state index < -0.39 is 0 Å². The fraction of sp³-hybridized carbons (Fsp3) is 0.308. The van der Waals surface area contributed by atoms with Crippen LogP contribution in [0.3, 0.4) is 0 Å². The Bertz CT molecular complexity index is 537. The van der Waals surface area contributed by atoms with Crippen LogP contribution in [-0.4, -0.2) is 16.2 Å². The molecule has 4 heteroatoms. The van der Waals surface area contributed by atoms with E-state index in [9.17, 15) is 4.79 Å². The number of nitrogens with zero attached hydrogens (tertiary/aromatic N) is 2. The molecule has 0 bridgehead atoms. The zero-order valence-electron chi connectivity index (χ0n) is 10.1. The molecule has 4 nitrogen and oxygen atoms in total. The van der Waals surface area contributed by atoms with Gasteiger partial charge in [0.2, 0.25) is 0 Å². The molecule has 1 heterocycles. The van der Waals surface area contributed by atoms with E-state index in [1.54, 1.807) is 29.5 Å². The molecule has 0 spiro atoms. The van der Waals surface area contributed by atoms with E-state index in [0.29, 0.717) is 6.54 Å². The molecule has 0 amide bonds. The molecule has 0 radical (unpaired) electrons. The molecule has 90 valence electrons. The Morgan fingerprint density at radius 1 is 1.18 bits per heavy atom. The van der Waals surface area contributed by atoms with Crippen LogP contribution in [0.1, 0.15) is 5.56 Å². The maximum Gasteiger partial charge on any atom is 0.327 e. The number of rotatable bonds is 4. The van der Waals surface area contributed by atoms with Crippen molar-refractivity contribution in [1.82, 2.24) is 9.13 Å². The summed E-state index contributed by atoms with van der Waals surface area (Å²) in [6, 6.07) is 7.91. The van der Waals surface area contributed by atoms with Crippen LogP contribution in [0, 0.1) is 0 Å². The third kappa shape index (κ3) is 2.58. The second kappa shape index (κ2) is 4.91. The molecule has 0 unspecified atom stereocenters. The minimum absolute atomic E-state index is 0.0264. The molecule has 0 atom stereocenters. The molecule has 0 aliphatic carbocycles. The quantitative estimate of drug-likeness (QED) is 0.799. The van der Waals surface area contributed by atoms with Crippen molar-refractivity contribution in [2.45, 2.75) is 13.0 Å². The van der Waals surface area contributed by atoms with Crippen molar-refractivity contribution >= 4 is 0 Å². The van der Waals surface area contributed by atoms with Gasteiger partial charge in [-0.15, -0.1) is 0 Å². The molecule has 2 rings (SSSR count). The van der Waals surface area contributed by atoms with Gasteiger partial charge in [-0.3, -0.25) is 4.57 Å². The lowest BCUT2D eigenvalue weighted by Crippen LogP contribution is -2.22. The smallest absolute Gasteiger partial charge is 0.327 e. The largest absolute Gasteiger partial charge is 0.497 e. The number of hydrogen-bond acceptors (Lipinski definition) is 2. The number of aromatic nitrogens is 2. The van der Waals surface area contributed by atoms with Gasteiger partial charge in [0.1, 0.15) is 5.75 Å². The monoisotopic (exact) mass is 232 g/mol. The summed E-state index contributed by atoms with van der Waals surface area (Å²) < 4.78 is 8.39. The Hall–Kier alpha value is -1.97. The first-order valence-electron chi connectivity index (χ1n) is 5.55. The van der Waals surface area contributed by atoms with Gasteiger partial charge in [-0.2, -0.15) is 0 Å². The molecule has 17 heavy (non-hydrogen) atoms. The van der Waals surface area contributed by atoms with Crippen LogP contribution >= 0.6 is 0 Å². The average Bonchev–Trinajstić information content (AvgIpc) is 2.68. The van der Waals surface area contributed by atoms with Crippen LogP contribution in [0.5, 0.6) is 5.75 Å². The molecule has 0 aliphatic heterocycles. The maximum atomic E-state index is 11.6. The van der Waals surface area contributed by atoms with E-state index in [2.05, 4.69) is 0 Å². The standard InChI is InChI=1S/C13H16N2O2/c1-14-9-10-15(13(14)16)8-7-11-3-5-12(17-2)6-4-11/h3-6,9-10H,7-8H2,1-2H3. The molecule has 0 fully saturated rings. The van der Waals surface area contributed by atoms with Gasteiger partial charge in [-0.25, -0.2) is 4.79 Å². The first-order valence-corrected chi connectivity index (χ1v) is 5.55. The Morgan fingerprint density at radius 3 is 2.41 bits per heavy atom. The molecular formula is C13H16N2O2. The van der Waals surface area contributed by atoms with Gasteiger partial charge >= 0.3 is 5.69 Å². The molecule has 0 saturated carbocycles. The molecule has 0 saturated heterocycles. The number of imidazole rings is 1. The van der Waals surface area contributed by atoms with E-state index >= 15 is 0 Å². The molecule has 1 aromatic carbocycles. The van der Waals surface area contributed by atoms with Gasteiger partial charge in [0.05, 0.1) is 7.11 Å². The summed E-state index contributed by atoms with van der Waals surface area (Å²) in [5, 5.41) is 0. The summed E-state index contributed by atoms with van der Waals surface area (Å²) in [6.07, 6.45) is 4.43. The second-order valence-electron chi connectivity index (χ2n) is 3.98. The normalized spacial score (nSPS) is 10.5. The van der Waals surface area contributed by atoms with Crippen molar-refractivity contribution in [3.05, 3.63) is 52.7 Å². The number of ether oxygens (including phenoxy) is 1. The summed E-state index contributed by atoms with van der Waals surface area (Å²) in [4.78, 5) is 11.6. The third-order valence-corrected chi connectivity index (χ3v) is 2.82. The van der Waals surface area contributed by atoms with Crippen LogP contribution in [0.2, 0.25) is 0 Å². The van der Waals surface area contributed by atoms with Gasteiger partial charge in [0.25, 0.3) is 0 Å². The Kier molecular flexibility index (Phi) is 3.32. The van der Waals surface area contributed by atoms with Gasteiger partial charge in [-0.1, -0.05) is 12.1 Å². The maximum absolute atomic E-state index is 11.6. The third-order valence-electron chi connectivity index (χ3n) is 2.82. The predicted octanol–water partition coefficient (Wildman–Crippen LogP) is 1.44. The van der Waals surface area contributed by atoms with Gasteiger partial charge in [0.15, 0.2) is 0 Å². The number of hydrogen-bond donors (Lipinski definition) is 0. The van der Waals surface area contributed by atoms with Crippen molar-refractivity contribution in [2.75, 3.05) is 7.11 Å². The molecule has 1 aromatic heterocycles. The minimum atomic E-state index is 0.0264. The highest BCUT2D eigenvalue weighted by Crippen LogP contribution is 2.11. The lowest BCUT2D eigenvalue weighted by atomic mass is 10.1. The minimum Gasteiger partial charge on any atom is -0.497 e. The lowest BCUT2D eigenvalue weighted by molar-refractivity contribution is 0.414. The number of benzene rings is 1. The predicted molar refractivity (Wildman–Crippen MR) is 66.4 cm³/mol. The fourth-order valence-corrected chi connectivity index (χ4v) is 1.72. The van der Waals surface area contributed by atoms with Crippen LogP contribution in [0.25, 0.3) is 0 Å². The van der Waals surface area contributed by atoms with E-state index in [-0.39, 0.29) is 5.69 Å². The SMILES string of the molecule is COc1ccc(CCn2ccn(C)c2=O)cc1. The van der Waals surface area contributed by atoms with E-state index in [1.807, 2.05) is 30.5 Å². The van der Waals surface area contributed by atoms with Crippen LogP contribution in [-0.2, 0) is 20.0 Å². The topological polar surface area (TPSA) is 36.2 Å². The molecule has 2 aromatic rings. The lowest BCUT2D eigenvalue weighted by Gasteiger charge is -2.04. The summed E-state index contributed by atoms with van der Waals surface area (Å²) in [7, 11) is 3.41.